The molecule has 0 saturated carbocycles. The number of nitro groups is 1. The van der Waals surface area contributed by atoms with Crippen LogP contribution in [0.2, 0.25) is 0 Å². The van der Waals surface area contributed by atoms with Gasteiger partial charge in [-0.15, -0.1) is 12.4 Å². The monoisotopic (exact) mass is 367 g/mol. The van der Waals surface area contributed by atoms with Crippen LogP contribution in [0.25, 0.3) is 0 Å². The van der Waals surface area contributed by atoms with E-state index >= 15 is 0 Å². The molecule has 0 bridgehead atoms. The van der Waals surface area contributed by atoms with Crippen molar-refractivity contribution in [2.75, 3.05) is 13.7 Å². The average Bonchev–Trinajstić information content (AvgIpc) is 2.52. The first-order chi connectivity index (χ1) is 10.2. The first-order valence-corrected chi connectivity index (χ1v) is 8.28. The molecule has 0 atom stereocenters. The van der Waals surface area contributed by atoms with Crippen LogP contribution in [0.3, 0.4) is 0 Å². The fourth-order valence-electron chi connectivity index (χ4n) is 1.81. The minimum Gasteiger partial charge on any atom is -0.495 e. The molecule has 0 radical (unpaired) electrons. The van der Waals surface area contributed by atoms with Crippen LogP contribution in [0.1, 0.15) is 26.7 Å². The van der Waals surface area contributed by atoms with E-state index in [4.69, 9.17) is 10.5 Å². The number of benzene rings is 1. The minimum absolute atomic E-state index is 0. The van der Waals surface area contributed by atoms with Crippen LogP contribution in [-0.2, 0) is 10.0 Å². The molecule has 1 aromatic carbocycles. The van der Waals surface area contributed by atoms with Crippen molar-refractivity contribution in [1.82, 2.24) is 4.72 Å². The number of rotatable bonds is 8. The second kappa shape index (κ2) is 8.44. The topological polar surface area (TPSA) is 125 Å². The SMILES string of the molecule is CCC(N)(CC)CNS(=O)(=O)c1cc([N+](=O)[O-])ccc1OC.Cl. The lowest BCUT2D eigenvalue weighted by atomic mass is 9.95. The van der Waals surface area contributed by atoms with Gasteiger partial charge >= 0.3 is 0 Å². The van der Waals surface area contributed by atoms with E-state index in [1.807, 2.05) is 13.8 Å². The molecule has 10 heteroatoms. The van der Waals surface area contributed by atoms with Crippen LogP contribution in [0, 0.1) is 10.1 Å². The van der Waals surface area contributed by atoms with Gasteiger partial charge in [-0.1, -0.05) is 13.8 Å². The molecule has 1 aromatic rings. The zero-order valence-electron chi connectivity index (χ0n) is 13.2. The van der Waals surface area contributed by atoms with Crippen molar-refractivity contribution >= 4 is 28.1 Å². The highest BCUT2D eigenvalue weighted by molar-refractivity contribution is 7.89. The number of hydrogen-bond donors (Lipinski definition) is 2. The van der Waals surface area contributed by atoms with Crippen LogP contribution in [0.4, 0.5) is 5.69 Å². The summed E-state index contributed by atoms with van der Waals surface area (Å²) >= 11 is 0. The number of nitrogens with zero attached hydrogens (tertiary/aromatic N) is 1. The molecule has 23 heavy (non-hydrogen) atoms. The van der Waals surface area contributed by atoms with Gasteiger partial charge in [-0.25, -0.2) is 13.1 Å². The van der Waals surface area contributed by atoms with Gasteiger partial charge in [0.25, 0.3) is 5.69 Å². The van der Waals surface area contributed by atoms with Crippen LogP contribution < -0.4 is 15.2 Å². The molecule has 0 amide bonds. The lowest BCUT2D eigenvalue weighted by Gasteiger charge is -2.26. The number of methoxy groups -OCH3 is 1. The lowest BCUT2D eigenvalue weighted by Crippen LogP contribution is -2.49. The fourth-order valence-corrected chi connectivity index (χ4v) is 3.13. The zero-order chi connectivity index (χ0) is 17.0. The van der Waals surface area contributed by atoms with Gasteiger partial charge in [0.15, 0.2) is 0 Å². The maximum atomic E-state index is 12.4. The summed E-state index contributed by atoms with van der Waals surface area (Å²) in [4.78, 5) is 9.88. The van der Waals surface area contributed by atoms with Crippen LogP contribution in [0.5, 0.6) is 5.75 Å². The lowest BCUT2D eigenvalue weighted by molar-refractivity contribution is -0.385. The van der Waals surface area contributed by atoms with Gasteiger partial charge in [0.1, 0.15) is 10.6 Å². The van der Waals surface area contributed by atoms with Gasteiger partial charge in [0, 0.05) is 24.2 Å². The van der Waals surface area contributed by atoms with E-state index in [2.05, 4.69) is 4.72 Å². The van der Waals surface area contributed by atoms with E-state index in [0.29, 0.717) is 12.8 Å². The van der Waals surface area contributed by atoms with Gasteiger partial charge in [-0.2, -0.15) is 0 Å². The first kappa shape index (κ1) is 21.6. The molecule has 132 valence electrons. The molecule has 8 nitrogen and oxygen atoms in total. The van der Waals surface area contributed by atoms with E-state index in [-0.39, 0.29) is 35.3 Å². The number of nitrogens with one attached hydrogen (secondary N) is 1. The Kier molecular flexibility index (Phi) is 7.92. The molecule has 0 aliphatic heterocycles. The molecule has 0 spiro atoms. The average molecular weight is 368 g/mol. The van der Waals surface area contributed by atoms with Crippen molar-refractivity contribution in [1.29, 1.82) is 0 Å². The van der Waals surface area contributed by atoms with Crippen LogP contribution >= 0.6 is 12.4 Å². The molecule has 1 rings (SSSR count). The number of non-ortho nitro benzene ring substituents is 1. The normalized spacial score (nSPS) is 11.7. The van der Waals surface area contributed by atoms with Gasteiger partial charge in [0.2, 0.25) is 10.0 Å². The molecule has 3 N–H and O–H groups in total. The Morgan fingerprint density at radius 3 is 2.35 bits per heavy atom. The molecular weight excluding hydrogens is 346 g/mol. The van der Waals surface area contributed by atoms with E-state index in [1.54, 1.807) is 0 Å². The Morgan fingerprint density at radius 2 is 1.91 bits per heavy atom. The number of nitro benzene ring substituents is 1. The Morgan fingerprint density at radius 1 is 1.35 bits per heavy atom. The summed E-state index contributed by atoms with van der Waals surface area (Å²) in [7, 11) is -2.67. The second-order valence-electron chi connectivity index (χ2n) is 4.99. The van der Waals surface area contributed by atoms with Crippen molar-refractivity contribution in [2.24, 2.45) is 5.73 Å². The third-order valence-electron chi connectivity index (χ3n) is 3.67. The van der Waals surface area contributed by atoms with Crippen molar-refractivity contribution < 1.29 is 18.1 Å². The summed E-state index contributed by atoms with van der Waals surface area (Å²) in [5.41, 5.74) is 5.07. The number of nitrogens with two attached hydrogens (primary N) is 1. The van der Waals surface area contributed by atoms with Crippen LogP contribution in [-0.4, -0.2) is 32.5 Å². The third-order valence-corrected chi connectivity index (χ3v) is 5.09. The Balaban J connectivity index is 0.00000484. The summed E-state index contributed by atoms with van der Waals surface area (Å²) in [5, 5.41) is 10.8. The quantitative estimate of drug-likeness (QED) is 0.533. The number of sulfonamides is 1. The Labute approximate surface area is 142 Å². The van der Waals surface area contributed by atoms with Crippen molar-refractivity contribution in [2.45, 2.75) is 37.1 Å². The number of ether oxygens (including phenoxy) is 1. The standard InChI is InChI=1S/C13H21N3O5S.ClH/c1-4-13(14,5-2)9-15-22(19,20)12-8-10(16(17)18)6-7-11(12)21-3;/h6-8,15H,4-5,9,14H2,1-3H3;1H. The van der Waals surface area contributed by atoms with E-state index in [0.717, 1.165) is 6.07 Å². The minimum atomic E-state index is -3.97. The first-order valence-electron chi connectivity index (χ1n) is 6.80. The summed E-state index contributed by atoms with van der Waals surface area (Å²) in [6, 6.07) is 3.41. The Hall–Kier alpha value is -1.42. The molecule has 0 aliphatic rings. The van der Waals surface area contributed by atoms with Gasteiger partial charge < -0.3 is 10.5 Å². The summed E-state index contributed by atoms with van der Waals surface area (Å²) < 4.78 is 32.2. The largest absolute Gasteiger partial charge is 0.495 e. The highest BCUT2D eigenvalue weighted by Crippen LogP contribution is 2.28. The Bertz CT molecular complexity index is 647. The van der Waals surface area contributed by atoms with Crippen molar-refractivity contribution in [3.63, 3.8) is 0 Å². The summed E-state index contributed by atoms with van der Waals surface area (Å²) in [5.74, 6) is 0.0359. The fraction of sp³-hybridized carbons (Fsp3) is 0.538. The molecular formula is C13H22ClN3O5S. The van der Waals surface area contributed by atoms with Gasteiger partial charge in [-0.05, 0) is 18.9 Å². The highest BCUT2D eigenvalue weighted by atomic mass is 35.5. The van der Waals surface area contributed by atoms with Crippen molar-refractivity contribution in [3.05, 3.63) is 28.3 Å². The maximum Gasteiger partial charge on any atom is 0.271 e. The predicted molar refractivity (Wildman–Crippen MR) is 89.6 cm³/mol. The van der Waals surface area contributed by atoms with Crippen molar-refractivity contribution in [3.8, 4) is 5.75 Å². The molecule has 0 aliphatic carbocycles. The van der Waals surface area contributed by atoms with E-state index in [9.17, 15) is 18.5 Å². The zero-order valence-corrected chi connectivity index (χ0v) is 14.9. The molecule has 0 aromatic heterocycles. The highest BCUT2D eigenvalue weighted by Gasteiger charge is 2.27. The smallest absolute Gasteiger partial charge is 0.271 e. The summed E-state index contributed by atoms with van der Waals surface area (Å²) in [6.07, 6.45) is 1.19. The van der Waals surface area contributed by atoms with Gasteiger partial charge in [-0.3, -0.25) is 10.1 Å². The van der Waals surface area contributed by atoms with Gasteiger partial charge in [0.05, 0.1) is 12.0 Å². The predicted octanol–water partition coefficient (Wildman–Crippen LogP) is 1.82. The van der Waals surface area contributed by atoms with Crippen LogP contribution in [0.15, 0.2) is 23.1 Å². The summed E-state index contributed by atoms with van der Waals surface area (Å²) in [6.45, 7) is 3.77. The van der Waals surface area contributed by atoms with E-state index < -0.39 is 20.5 Å². The molecule has 0 saturated heterocycles. The molecule has 0 fully saturated rings. The maximum absolute atomic E-state index is 12.4. The number of hydrogen-bond acceptors (Lipinski definition) is 6. The second-order valence-corrected chi connectivity index (χ2v) is 6.72. The number of halogens is 1. The molecule has 0 unspecified atom stereocenters. The third kappa shape index (κ3) is 5.31. The van der Waals surface area contributed by atoms with E-state index in [1.165, 1.54) is 19.2 Å². The molecule has 0 heterocycles.